The molecule has 2 aromatic heterocycles. The first-order chi connectivity index (χ1) is 14.3. The van der Waals surface area contributed by atoms with Crippen LogP contribution in [0.25, 0.3) is 22.5 Å². The largest absolute Gasteiger partial charge is 0.489 e. The van der Waals surface area contributed by atoms with Crippen LogP contribution in [0.3, 0.4) is 0 Å². The number of nitrogen functional groups attached to an aromatic ring is 1. The lowest BCUT2D eigenvalue weighted by Crippen LogP contribution is -2.06. The normalized spacial score (nSPS) is 11.6. The highest BCUT2D eigenvalue weighted by Crippen LogP contribution is 2.33. The standard InChI is InChI=1S/C20H17F3N6O/c1-29-16(10-17(27-29)20(21,22)23)15-8-3-2-5-13(15)11-30-14-7-4-6-12(9-14)18-19(24)26-28-25-18/h2-10H,11H2,1H3,(H3,24,25,26,28). The van der Waals surface area contributed by atoms with E-state index in [4.69, 9.17) is 10.5 Å². The van der Waals surface area contributed by atoms with Gasteiger partial charge in [-0.15, -0.1) is 5.10 Å². The fraction of sp³-hybridized carbons (Fsp3) is 0.150. The number of aromatic amines is 1. The van der Waals surface area contributed by atoms with Crippen molar-refractivity contribution in [3.8, 4) is 28.3 Å². The number of rotatable bonds is 5. The van der Waals surface area contributed by atoms with Crippen molar-refractivity contribution < 1.29 is 17.9 Å². The van der Waals surface area contributed by atoms with Crippen LogP contribution in [0.15, 0.2) is 54.6 Å². The van der Waals surface area contributed by atoms with E-state index >= 15 is 0 Å². The van der Waals surface area contributed by atoms with Gasteiger partial charge in [-0.25, -0.2) is 5.10 Å². The summed E-state index contributed by atoms with van der Waals surface area (Å²) >= 11 is 0. The zero-order valence-corrected chi connectivity index (χ0v) is 15.8. The van der Waals surface area contributed by atoms with Crippen LogP contribution in [-0.2, 0) is 19.8 Å². The Hall–Kier alpha value is -3.82. The van der Waals surface area contributed by atoms with Gasteiger partial charge in [0, 0.05) is 18.2 Å². The van der Waals surface area contributed by atoms with Gasteiger partial charge in [0.05, 0.1) is 5.69 Å². The van der Waals surface area contributed by atoms with E-state index in [1.54, 1.807) is 42.5 Å². The number of H-pyrrole nitrogens is 1. The molecule has 0 unspecified atom stereocenters. The molecular weight excluding hydrogens is 397 g/mol. The summed E-state index contributed by atoms with van der Waals surface area (Å²) in [5, 5.41) is 13.8. The van der Waals surface area contributed by atoms with Crippen molar-refractivity contribution in [2.24, 2.45) is 7.05 Å². The van der Waals surface area contributed by atoms with Gasteiger partial charge >= 0.3 is 6.18 Å². The molecule has 0 saturated carbocycles. The van der Waals surface area contributed by atoms with Gasteiger partial charge in [-0.1, -0.05) is 41.6 Å². The zero-order valence-electron chi connectivity index (χ0n) is 15.8. The van der Waals surface area contributed by atoms with E-state index < -0.39 is 11.9 Å². The lowest BCUT2D eigenvalue weighted by molar-refractivity contribution is -0.141. The Labute approximate surface area is 169 Å². The highest BCUT2D eigenvalue weighted by molar-refractivity contribution is 5.70. The Morgan fingerprint density at radius 2 is 1.90 bits per heavy atom. The van der Waals surface area contributed by atoms with Gasteiger partial charge < -0.3 is 10.5 Å². The van der Waals surface area contributed by atoms with Gasteiger partial charge in [0.1, 0.15) is 23.9 Å². The third kappa shape index (κ3) is 3.84. The Morgan fingerprint density at radius 1 is 1.10 bits per heavy atom. The summed E-state index contributed by atoms with van der Waals surface area (Å²) in [6.07, 6.45) is -4.51. The van der Waals surface area contributed by atoms with E-state index in [-0.39, 0.29) is 6.61 Å². The fourth-order valence-corrected chi connectivity index (χ4v) is 3.10. The van der Waals surface area contributed by atoms with Gasteiger partial charge in [0.25, 0.3) is 0 Å². The van der Waals surface area contributed by atoms with Gasteiger partial charge in [-0.2, -0.15) is 18.3 Å². The van der Waals surface area contributed by atoms with Gasteiger partial charge in [-0.05, 0) is 23.8 Å². The average Bonchev–Trinajstić information content (AvgIpc) is 3.32. The predicted molar refractivity (Wildman–Crippen MR) is 104 cm³/mol. The monoisotopic (exact) mass is 414 g/mol. The maximum Gasteiger partial charge on any atom is 0.435 e. The third-order valence-corrected chi connectivity index (χ3v) is 4.54. The number of anilines is 1. The average molecular weight is 414 g/mol. The molecule has 2 aromatic carbocycles. The summed E-state index contributed by atoms with van der Waals surface area (Å²) in [6, 6.07) is 15.3. The lowest BCUT2D eigenvalue weighted by atomic mass is 10.0. The van der Waals surface area contributed by atoms with Crippen molar-refractivity contribution >= 4 is 5.82 Å². The molecule has 2 heterocycles. The van der Waals surface area contributed by atoms with Crippen LogP contribution in [0, 0.1) is 0 Å². The number of aryl methyl sites for hydroxylation is 1. The zero-order chi connectivity index (χ0) is 21.3. The minimum atomic E-state index is -4.51. The van der Waals surface area contributed by atoms with Crippen molar-refractivity contribution in [1.29, 1.82) is 0 Å². The van der Waals surface area contributed by atoms with Gasteiger partial charge in [0.15, 0.2) is 5.69 Å². The lowest BCUT2D eigenvalue weighted by Gasteiger charge is -2.12. The summed E-state index contributed by atoms with van der Waals surface area (Å²) in [4.78, 5) is 0. The van der Waals surface area contributed by atoms with E-state index in [9.17, 15) is 13.2 Å². The number of nitrogens with zero attached hydrogens (tertiary/aromatic N) is 4. The minimum absolute atomic E-state index is 0.153. The van der Waals surface area contributed by atoms with Crippen molar-refractivity contribution in [3.63, 3.8) is 0 Å². The second kappa shape index (κ2) is 7.54. The van der Waals surface area contributed by atoms with Crippen LogP contribution >= 0.6 is 0 Å². The summed E-state index contributed by atoms with van der Waals surface area (Å²) in [6.45, 7) is 0.153. The van der Waals surface area contributed by atoms with Gasteiger partial charge in [0.2, 0.25) is 0 Å². The number of nitrogens with two attached hydrogens (primary N) is 1. The maximum atomic E-state index is 13.0. The number of halogens is 3. The van der Waals surface area contributed by atoms with E-state index in [0.29, 0.717) is 28.5 Å². The molecule has 0 fully saturated rings. The van der Waals surface area contributed by atoms with Crippen LogP contribution in [0.1, 0.15) is 11.3 Å². The topological polar surface area (TPSA) is 94.6 Å². The van der Waals surface area contributed by atoms with E-state index in [1.807, 2.05) is 6.07 Å². The van der Waals surface area contributed by atoms with E-state index in [1.165, 1.54) is 11.7 Å². The Morgan fingerprint density at radius 3 is 2.60 bits per heavy atom. The molecule has 4 rings (SSSR count). The maximum absolute atomic E-state index is 13.0. The van der Waals surface area contributed by atoms with Crippen molar-refractivity contribution in [2.45, 2.75) is 12.8 Å². The highest BCUT2D eigenvalue weighted by atomic mass is 19.4. The molecule has 0 atom stereocenters. The smallest absolute Gasteiger partial charge is 0.435 e. The molecule has 30 heavy (non-hydrogen) atoms. The molecule has 0 bridgehead atoms. The molecule has 0 amide bonds. The quantitative estimate of drug-likeness (QED) is 0.514. The molecule has 0 radical (unpaired) electrons. The summed E-state index contributed by atoms with van der Waals surface area (Å²) in [5.74, 6) is 0.903. The van der Waals surface area contributed by atoms with Crippen molar-refractivity contribution in [2.75, 3.05) is 5.73 Å². The first-order valence-corrected chi connectivity index (χ1v) is 8.92. The molecule has 10 heteroatoms. The summed E-state index contributed by atoms with van der Waals surface area (Å²) in [7, 11) is 1.48. The third-order valence-electron chi connectivity index (χ3n) is 4.54. The van der Waals surface area contributed by atoms with Crippen LogP contribution < -0.4 is 10.5 Å². The molecule has 0 aliphatic heterocycles. The number of ether oxygens (including phenoxy) is 1. The van der Waals surface area contributed by atoms with Crippen LogP contribution in [0.5, 0.6) is 5.75 Å². The molecule has 3 N–H and O–H groups in total. The summed E-state index contributed by atoms with van der Waals surface area (Å²) in [5.41, 5.74) is 7.80. The molecule has 0 saturated heterocycles. The molecule has 0 aliphatic carbocycles. The second-order valence-electron chi connectivity index (χ2n) is 6.58. The fourth-order valence-electron chi connectivity index (χ4n) is 3.10. The molecule has 0 spiro atoms. The number of hydrogen-bond acceptors (Lipinski definition) is 5. The number of nitrogens with one attached hydrogen (secondary N) is 1. The first-order valence-electron chi connectivity index (χ1n) is 8.92. The Balaban J connectivity index is 1.59. The van der Waals surface area contributed by atoms with E-state index in [2.05, 4.69) is 20.5 Å². The highest BCUT2D eigenvalue weighted by Gasteiger charge is 2.34. The molecule has 154 valence electrons. The van der Waals surface area contributed by atoms with Crippen molar-refractivity contribution in [3.05, 3.63) is 65.9 Å². The van der Waals surface area contributed by atoms with Crippen molar-refractivity contribution in [1.82, 2.24) is 25.2 Å². The number of hydrogen-bond donors (Lipinski definition) is 2. The van der Waals surface area contributed by atoms with Crippen LogP contribution in [0.4, 0.5) is 19.0 Å². The summed E-state index contributed by atoms with van der Waals surface area (Å²) < 4.78 is 46.2. The van der Waals surface area contributed by atoms with Crippen LogP contribution in [-0.4, -0.2) is 25.2 Å². The van der Waals surface area contributed by atoms with E-state index in [0.717, 1.165) is 17.2 Å². The molecular formula is C20H17F3N6O. The van der Waals surface area contributed by atoms with Crippen LogP contribution in [0.2, 0.25) is 0 Å². The second-order valence-corrected chi connectivity index (χ2v) is 6.58. The number of alkyl halides is 3. The first kappa shape index (κ1) is 19.5. The Kier molecular flexibility index (Phi) is 4.90. The minimum Gasteiger partial charge on any atom is -0.489 e. The SMILES string of the molecule is Cn1nc(C(F)(F)F)cc1-c1ccccc1COc1cccc(-c2nn[nH]c2N)c1. The predicted octanol–water partition coefficient (Wildman–Crippen LogP) is 4.05. The number of aromatic nitrogens is 5. The molecule has 0 aliphatic rings. The van der Waals surface area contributed by atoms with Gasteiger partial charge in [-0.3, -0.25) is 4.68 Å². The molecule has 7 nitrogen and oxygen atoms in total. The molecule has 4 aromatic rings. The Bertz CT molecular complexity index is 1180. The number of benzene rings is 2.